The summed E-state index contributed by atoms with van der Waals surface area (Å²) in [4.78, 5) is 11.9. The van der Waals surface area contributed by atoms with Crippen molar-refractivity contribution in [1.82, 2.24) is 0 Å². The molecule has 0 saturated carbocycles. The van der Waals surface area contributed by atoms with Crippen LogP contribution in [0.3, 0.4) is 0 Å². The molecule has 0 radical (unpaired) electrons. The summed E-state index contributed by atoms with van der Waals surface area (Å²) in [5.74, 6) is -0.113. The van der Waals surface area contributed by atoms with Crippen LogP contribution in [0, 0.1) is 0 Å². The monoisotopic (exact) mass is 309 g/mol. The maximum absolute atomic E-state index is 11.9. The average molecular weight is 310 g/mol. The fourth-order valence-electron chi connectivity index (χ4n) is 1.77. The van der Waals surface area contributed by atoms with Crippen molar-refractivity contribution in [2.75, 3.05) is 5.32 Å². The highest BCUT2D eigenvalue weighted by Gasteiger charge is 2.10. The third-order valence-electron chi connectivity index (χ3n) is 2.90. The molecule has 0 aliphatic heterocycles. The number of halogens is 2. The molecule has 0 aliphatic rings. The molecule has 2 aromatic rings. The van der Waals surface area contributed by atoms with Crippen LogP contribution in [0.2, 0.25) is 10.0 Å². The Morgan fingerprint density at radius 1 is 1.15 bits per heavy atom. The lowest BCUT2D eigenvalue weighted by molar-refractivity contribution is -0.684. The number of carbonyl (C=O) groups is 1. The molecule has 104 valence electrons. The van der Waals surface area contributed by atoms with Gasteiger partial charge in [-0.2, -0.15) is 4.57 Å². The van der Waals surface area contributed by atoms with E-state index in [0.29, 0.717) is 15.7 Å². The van der Waals surface area contributed by atoms with E-state index < -0.39 is 0 Å². The van der Waals surface area contributed by atoms with E-state index in [4.69, 9.17) is 23.2 Å². The number of nitrogens with one attached hydrogen (secondary N) is 1. The molecule has 3 nitrogen and oxygen atoms in total. The van der Waals surface area contributed by atoms with Gasteiger partial charge in [-0.05, 0) is 30.2 Å². The summed E-state index contributed by atoms with van der Waals surface area (Å²) in [6.45, 7) is 2.35. The highest BCUT2D eigenvalue weighted by atomic mass is 35.5. The summed E-state index contributed by atoms with van der Waals surface area (Å²) in [6, 6.07) is 9.02. The smallest absolute Gasteiger partial charge is 0.290 e. The topological polar surface area (TPSA) is 33.0 Å². The largest absolute Gasteiger partial charge is 0.321 e. The van der Waals surface area contributed by atoms with Crippen LogP contribution in [-0.4, -0.2) is 5.91 Å². The van der Waals surface area contributed by atoms with Gasteiger partial charge in [0.15, 0.2) is 12.4 Å². The number of carbonyl (C=O) groups excluding carboxylic acids is 1. The van der Waals surface area contributed by atoms with Crippen molar-refractivity contribution in [3.05, 3.63) is 58.3 Å². The van der Waals surface area contributed by atoms with Gasteiger partial charge in [0.25, 0.3) is 5.91 Å². The molecule has 0 aliphatic carbocycles. The minimum absolute atomic E-state index is 0.113. The quantitative estimate of drug-likeness (QED) is 0.862. The Kier molecular flexibility index (Phi) is 4.99. The number of anilines is 1. The number of amides is 1. The first-order chi connectivity index (χ1) is 9.58. The predicted octanol–water partition coefficient (Wildman–Crippen LogP) is 3.48. The van der Waals surface area contributed by atoms with Crippen LogP contribution in [0.15, 0.2) is 42.7 Å². The maximum atomic E-state index is 11.9. The molecule has 0 bridgehead atoms. The number of hydrogen-bond donors (Lipinski definition) is 1. The molecular formula is C15H15Cl2N2O+. The van der Waals surface area contributed by atoms with Crippen molar-refractivity contribution in [1.29, 1.82) is 0 Å². The minimum Gasteiger partial charge on any atom is -0.321 e. The zero-order chi connectivity index (χ0) is 14.5. The standard InChI is InChI=1S/C15H14Cl2N2O/c1-2-11-5-7-19(8-6-11)10-15(20)18-12-3-4-13(16)14(17)9-12/h3-9H,2,10H2,1H3/p+1. The van der Waals surface area contributed by atoms with Crippen molar-refractivity contribution < 1.29 is 9.36 Å². The summed E-state index contributed by atoms with van der Waals surface area (Å²) in [5.41, 5.74) is 1.88. The van der Waals surface area contributed by atoms with Crippen LogP contribution in [-0.2, 0) is 17.8 Å². The molecule has 20 heavy (non-hydrogen) atoms. The van der Waals surface area contributed by atoms with Gasteiger partial charge in [0.2, 0.25) is 6.54 Å². The average Bonchev–Trinajstić information content (AvgIpc) is 2.44. The number of aryl methyl sites for hydroxylation is 1. The molecule has 1 aromatic heterocycles. The third-order valence-corrected chi connectivity index (χ3v) is 3.64. The van der Waals surface area contributed by atoms with Gasteiger partial charge in [-0.25, -0.2) is 0 Å². The number of pyridine rings is 1. The van der Waals surface area contributed by atoms with E-state index in [1.807, 2.05) is 29.1 Å². The second kappa shape index (κ2) is 6.73. The second-order valence-corrected chi connectivity index (χ2v) is 5.22. The van der Waals surface area contributed by atoms with Crippen LogP contribution < -0.4 is 9.88 Å². The zero-order valence-corrected chi connectivity index (χ0v) is 12.6. The number of rotatable bonds is 4. The van der Waals surface area contributed by atoms with E-state index in [0.717, 1.165) is 6.42 Å². The maximum Gasteiger partial charge on any atom is 0.290 e. The van der Waals surface area contributed by atoms with Crippen molar-refractivity contribution in [2.45, 2.75) is 19.9 Å². The van der Waals surface area contributed by atoms with Gasteiger partial charge < -0.3 is 5.32 Å². The summed E-state index contributed by atoms with van der Waals surface area (Å²) in [6.07, 6.45) is 4.77. The number of benzene rings is 1. The lowest BCUT2D eigenvalue weighted by Crippen LogP contribution is -2.39. The van der Waals surface area contributed by atoms with E-state index in [9.17, 15) is 4.79 Å². The van der Waals surface area contributed by atoms with Crippen molar-refractivity contribution in [3.8, 4) is 0 Å². The first-order valence-electron chi connectivity index (χ1n) is 6.31. The Balaban J connectivity index is 1.99. The van der Waals surface area contributed by atoms with E-state index in [1.165, 1.54) is 5.56 Å². The van der Waals surface area contributed by atoms with E-state index in [-0.39, 0.29) is 12.5 Å². The molecule has 0 unspecified atom stereocenters. The fourth-order valence-corrected chi connectivity index (χ4v) is 2.07. The molecule has 1 heterocycles. The van der Waals surface area contributed by atoms with Crippen molar-refractivity contribution >= 4 is 34.8 Å². The molecule has 0 saturated heterocycles. The van der Waals surface area contributed by atoms with Crippen LogP contribution in [0.5, 0.6) is 0 Å². The number of hydrogen-bond acceptors (Lipinski definition) is 1. The van der Waals surface area contributed by atoms with E-state index >= 15 is 0 Å². The zero-order valence-electron chi connectivity index (χ0n) is 11.1. The minimum atomic E-state index is -0.113. The van der Waals surface area contributed by atoms with Crippen LogP contribution >= 0.6 is 23.2 Å². The first-order valence-corrected chi connectivity index (χ1v) is 7.07. The lowest BCUT2D eigenvalue weighted by Gasteiger charge is -2.04. The molecular weight excluding hydrogens is 295 g/mol. The second-order valence-electron chi connectivity index (χ2n) is 4.41. The van der Waals surface area contributed by atoms with Gasteiger partial charge in [0.05, 0.1) is 10.0 Å². The van der Waals surface area contributed by atoms with Crippen LogP contribution in [0.1, 0.15) is 12.5 Å². The summed E-state index contributed by atoms with van der Waals surface area (Å²) >= 11 is 11.7. The van der Waals surface area contributed by atoms with E-state index in [2.05, 4.69) is 12.2 Å². The highest BCUT2D eigenvalue weighted by molar-refractivity contribution is 6.42. The van der Waals surface area contributed by atoms with Gasteiger partial charge >= 0.3 is 0 Å². The normalized spacial score (nSPS) is 10.3. The number of nitrogens with zero attached hydrogens (tertiary/aromatic N) is 1. The Labute approximate surface area is 128 Å². The van der Waals surface area contributed by atoms with Gasteiger partial charge in [-0.3, -0.25) is 4.79 Å². The third kappa shape index (κ3) is 3.95. The molecule has 0 fully saturated rings. The Hall–Kier alpha value is -1.58. The summed E-state index contributed by atoms with van der Waals surface area (Å²) < 4.78 is 1.83. The van der Waals surface area contributed by atoms with Crippen LogP contribution in [0.4, 0.5) is 5.69 Å². The Morgan fingerprint density at radius 2 is 1.85 bits per heavy atom. The highest BCUT2D eigenvalue weighted by Crippen LogP contribution is 2.24. The molecule has 0 atom stereocenters. The predicted molar refractivity (Wildman–Crippen MR) is 81.1 cm³/mol. The number of aromatic nitrogens is 1. The van der Waals surface area contributed by atoms with Crippen LogP contribution in [0.25, 0.3) is 0 Å². The Bertz CT molecular complexity index is 612. The molecule has 1 aromatic carbocycles. The molecule has 1 N–H and O–H groups in total. The SMILES string of the molecule is CCc1cc[n+](CC(=O)Nc2ccc(Cl)c(Cl)c2)cc1. The first kappa shape index (κ1) is 14.8. The fraction of sp³-hybridized carbons (Fsp3) is 0.200. The van der Waals surface area contributed by atoms with E-state index in [1.54, 1.807) is 18.2 Å². The lowest BCUT2D eigenvalue weighted by atomic mass is 10.2. The molecule has 2 rings (SSSR count). The van der Waals surface area contributed by atoms with Gasteiger partial charge in [0.1, 0.15) is 0 Å². The summed E-state index contributed by atoms with van der Waals surface area (Å²) in [5, 5.41) is 3.67. The van der Waals surface area contributed by atoms with Gasteiger partial charge in [-0.15, -0.1) is 0 Å². The summed E-state index contributed by atoms with van der Waals surface area (Å²) in [7, 11) is 0. The molecule has 0 spiro atoms. The Morgan fingerprint density at radius 3 is 2.45 bits per heavy atom. The van der Waals surface area contributed by atoms with Crippen molar-refractivity contribution in [3.63, 3.8) is 0 Å². The van der Waals surface area contributed by atoms with Crippen molar-refractivity contribution in [2.24, 2.45) is 0 Å². The van der Waals surface area contributed by atoms with Gasteiger partial charge in [0, 0.05) is 17.8 Å². The molecule has 1 amide bonds. The van der Waals surface area contributed by atoms with Gasteiger partial charge in [-0.1, -0.05) is 30.1 Å². The molecule has 5 heteroatoms.